The predicted molar refractivity (Wildman–Crippen MR) is 81.9 cm³/mol. The molecule has 0 bridgehead atoms. The van der Waals surface area contributed by atoms with Crippen LogP contribution < -0.4 is 5.32 Å². The molecule has 4 heteroatoms. The molecule has 1 N–H and O–H groups in total. The van der Waals surface area contributed by atoms with Crippen molar-refractivity contribution >= 4 is 0 Å². The van der Waals surface area contributed by atoms with Crippen LogP contribution in [0, 0.1) is 6.92 Å². The molecule has 1 aromatic heterocycles. The first-order valence-corrected chi connectivity index (χ1v) is 7.73. The first kappa shape index (κ1) is 15.4. The summed E-state index contributed by atoms with van der Waals surface area (Å²) in [6, 6.07) is 2.44. The van der Waals surface area contributed by atoms with Gasteiger partial charge in [0.05, 0.1) is 18.8 Å². The Balaban J connectivity index is 2.11. The van der Waals surface area contributed by atoms with Crippen LogP contribution in [-0.2, 0) is 4.74 Å². The lowest BCUT2D eigenvalue weighted by atomic mass is 10.00. The molecule has 1 saturated heterocycles. The van der Waals surface area contributed by atoms with Crippen molar-refractivity contribution < 1.29 is 4.74 Å². The molecule has 20 heavy (non-hydrogen) atoms. The molecular formula is C16H27N3O. The molecule has 2 heterocycles. The minimum absolute atomic E-state index is 0.207. The average molecular weight is 277 g/mol. The van der Waals surface area contributed by atoms with Gasteiger partial charge in [-0.25, -0.2) is 0 Å². The van der Waals surface area contributed by atoms with Crippen molar-refractivity contribution in [3.05, 3.63) is 29.6 Å². The number of morpholine rings is 1. The lowest BCUT2D eigenvalue weighted by molar-refractivity contribution is -0.0468. The number of rotatable bonds is 6. The van der Waals surface area contributed by atoms with Gasteiger partial charge in [-0.3, -0.25) is 9.88 Å². The summed E-state index contributed by atoms with van der Waals surface area (Å²) < 4.78 is 6.03. The van der Waals surface area contributed by atoms with Crippen LogP contribution >= 0.6 is 0 Å². The van der Waals surface area contributed by atoms with E-state index in [9.17, 15) is 0 Å². The van der Waals surface area contributed by atoms with E-state index in [2.05, 4.69) is 42.0 Å². The van der Waals surface area contributed by atoms with Crippen LogP contribution in [0.5, 0.6) is 0 Å². The summed E-state index contributed by atoms with van der Waals surface area (Å²) in [6.07, 6.45) is 5.27. The van der Waals surface area contributed by atoms with E-state index in [1.807, 2.05) is 12.4 Å². The van der Waals surface area contributed by atoms with Gasteiger partial charge in [-0.05, 0) is 37.6 Å². The summed E-state index contributed by atoms with van der Waals surface area (Å²) in [5.74, 6) is 0. The molecule has 2 atom stereocenters. The lowest BCUT2D eigenvalue weighted by Crippen LogP contribution is -2.48. The van der Waals surface area contributed by atoms with Crippen LogP contribution in [0.15, 0.2) is 18.5 Å². The van der Waals surface area contributed by atoms with Gasteiger partial charge in [0.25, 0.3) is 0 Å². The number of ether oxygens (including phenoxy) is 1. The number of aryl methyl sites for hydroxylation is 1. The number of likely N-dealkylation sites (N-methyl/N-ethyl adjacent to an activating group) is 1. The van der Waals surface area contributed by atoms with Gasteiger partial charge in [0.1, 0.15) is 0 Å². The summed E-state index contributed by atoms with van der Waals surface area (Å²) in [5.41, 5.74) is 2.43. The standard InChI is InChI=1S/C16H27N3O/c1-4-6-19-7-8-20-15(12-19)16(18-5-2)14-9-13(3)10-17-11-14/h9-11,15-16,18H,4-8,12H2,1-3H3. The molecule has 1 fully saturated rings. The second kappa shape index (κ2) is 7.72. The van der Waals surface area contributed by atoms with E-state index in [-0.39, 0.29) is 12.1 Å². The summed E-state index contributed by atoms with van der Waals surface area (Å²) in [6.45, 7) is 11.4. The zero-order valence-corrected chi connectivity index (χ0v) is 12.9. The van der Waals surface area contributed by atoms with Crippen LogP contribution in [0.2, 0.25) is 0 Å². The minimum Gasteiger partial charge on any atom is -0.374 e. The molecular weight excluding hydrogens is 250 g/mol. The molecule has 0 aromatic carbocycles. The zero-order chi connectivity index (χ0) is 14.4. The fourth-order valence-corrected chi connectivity index (χ4v) is 2.88. The highest BCUT2D eigenvalue weighted by molar-refractivity contribution is 5.21. The van der Waals surface area contributed by atoms with Crippen molar-refractivity contribution in [1.82, 2.24) is 15.2 Å². The second-order valence-electron chi connectivity index (χ2n) is 5.54. The van der Waals surface area contributed by atoms with Crippen molar-refractivity contribution in [3.8, 4) is 0 Å². The smallest absolute Gasteiger partial charge is 0.0897 e. The first-order chi connectivity index (χ1) is 9.74. The minimum atomic E-state index is 0.207. The highest BCUT2D eigenvalue weighted by Gasteiger charge is 2.28. The highest BCUT2D eigenvalue weighted by atomic mass is 16.5. The largest absolute Gasteiger partial charge is 0.374 e. The molecule has 112 valence electrons. The highest BCUT2D eigenvalue weighted by Crippen LogP contribution is 2.22. The van der Waals surface area contributed by atoms with Gasteiger partial charge in [0.15, 0.2) is 0 Å². The number of aromatic nitrogens is 1. The quantitative estimate of drug-likeness (QED) is 0.864. The second-order valence-corrected chi connectivity index (χ2v) is 5.54. The Morgan fingerprint density at radius 3 is 3.00 bits per heavy atom. The van der Waals surface area contributed by atoms with E-state index < -0.39 is 0 Å². The Bertz CT molecular complexity index is 408. The maximum Gasteiger partial charge on any atom is 0.0897 e. The van der Waals surface area contributed by atoms with E-state index in [1.165, 1.54) is 17.5 Å². The molecule has 0 radical (unpaired) electrons. The predicted octanol–water partition coefficient (Wildman–Crippen LogP) is 2.15. The fourth-order valence-electron chi connectivity index (χ4n) is 2.88. The molecule has 1 aromatic rings. The zero-order valence-electron chi connectivity index (χ0n) is 12.9. The van der Waals surface area contributed by atoms with Crippen LogP contribution in [0.1, 0.15) is 37.4 Å². The third-order valence-corrected chi connectivity index (χ3v) is 3.77. The molecule has 0 aliphatic carbocycles. The Hall–Kier alpha value is -0.970. The van der Waals surface area contributed by atoms with Gasteiger partial charge in [-0.2, -0.15) is 0 Å². The average Bonchev–Trinajstić information content (AvgIpc) is 2.45. The Morgan fingerprint density at radius 2 is 2.30 bits per heavy atom. The van der Waals surface area contributed by atoms with Crippen molar-refractivity contribution in [2.45, 2.75) is 39.3 Å². The van der Waals surface area contributed by atoms with Gasteiger partial charge in [-0.1, -0.05) is 19.9 Å². The van der Waals surface area contributed by atoms with E-state index in [4.69, 9.17) is 4.74 Å². The van der Waals surface area contributed by atoms with Crippen LogP contribution in [0.3, 0.4) is 0 Å². The monoisotopic (exact) mass is 277 g/mol. The lowest BCUT2D eigenvalue weighted by Gasteiger charge is -2.37. The molecule has 4 nitrogen and oxygen atoms in total. The first-order valence-electron chi connectivity index (χ1n) is 7.73. The molecule has 1 aliphatic rings. The van der Waals surface area contributed by atoms with Crippen molar-refractivity contribution in [2.24, 2.45) is 0 Å². The normalized spacial score (nSPS) is 21.9. The SMILES string of the molecule is CCCN1CCOC(C(NCC)c2cncc(C)c2)C1. The molecule has 2 rings (SSSR count). The van der Waals surface area contributed by atoms with Crippen molar-refractivity contribution in [2.75, 3.05) is 32.8 Å². The van der Waals surface area contributed by atoms with E-state index in [1.54, 1.807) is 0 Å². The molecule has 0 amide bonds. The third kappa shape index (κ3) is 4.01. The van der Waals surface area contributed by atoms with Crippen molar-refractivity contribution in [1.29, 1.82) is 0 Å². The summed E-state index contributed by atoms with van der Waals surface area (Å²) in [4.78, 5) is 6.83. The molecule has 0 spiro atoms. The number of pyridine rings is 1. The van der Waals surface area contributed by atoms with Gasteiger partial charge < -0.3 is 10.1 Å². The van der Waals surface area contributed by atoms with Gasteiger partial charge >= 0.3 is 0 Å². The van der Waals surface area contributed by atoms with Crippen LogP contribution in [-0.4, -0.2) is 48.8 Å². The summed E-state index contributed by atoms with van der Waals surface area (Å²) >= 11 is 0. The maximum absolute atomic E-state index is 6.03. The molecule has 2 unspecified atom stereocenters. The van der Waals surface area contributed by atoms with E-state index in [0.717, 1.165) is 32.8 Å². The fraction of sp³-hybridized carbons (Fsp3) is 0.688. The van der Waals surface area contributed by atoms with Crippen molar-refractivity contribution in [3.63, 3.8) is 0 Å². The van der Waals surface area contributed by atoms with Gasteiger partial charge in [-0.15, -0.1) is 0 Å². The number of nitrogens with zero attached hydrogens (tertiary/aromatic N) is 2. The van der Waals surface area contributed by atoms with Gasteiger partial charge in [0.2, 0.25) is 0 Å². The van der Waals surface area contributed by atoms with E-state index >= 15 is 0 Å². The molecule has 1 aliphatic heterocycles. The Morgan fingerprint density at radius 1 is 1.45 bits per heavy atom. The topological polar surface area (TPSA) is 37.4 Å². The van der Waals surface area contributed by atoms with E-state index in [0.29, 0.717) is 0 Å². The Kier molecular flexibility index (Phi) is 5.95. The summed E-state index contributed by atoms with van der Waals surface area (Å²) in [5, 5.41) is 3.57. The number of hydrogen-bond acceptors (Lipinski definition) is 4. The van der Waals surface area contributed by atoms with Crippen LogP contribution in [0.4, 0.5) is 0 Å². The Labute approximate surface area is 122 Å². The number of hydrogen-bond donors (Lipinski definition) is 1. The third-order valence-electron chi connectivity index (χ3n) is 3.77. The van der Waals surface area contributed by atoms with Crippen LogP contribution in [0.25, 0.3) is 0 Å². The summed E-state index contributed by atoms with van der Waals surface area (Å²) in [7, 11) is 0. The molecule has 0 saturated carbocycles. The van der Waals surface area contributed by atoms with Gasteiger partial charge in [0, 0.05) is 25.5 Å². The number of nitrogens with one attached hydrogen (secondary N) is 1. The maximum atomic E-state index is 6.03.